The van der Waals surface area contributed by atoms with E-state index in [0.717, 1.165) is 35.3 Å². The normalized spacial score (nSPS) is 14.8. The van der Waals surface area contributed by atoms with E-state index in [-0.39, 0.29) is 0 Å². The fraction of sp³-hybridized carbons (Fsp3) is 0.500. The molecular weight excluding hydrogens is 270 g/mol. The molecule has 1 aliphatic rings. The molecule has 0 aliphatic carbocycles. The molecule has 5 nitrogen and oxygen atoms in total. The predicted octanol–water partition coefficient (Wildman–Crippen LogP) is 2.76. The van der Waals surface area contributed by atoms with E-state index in [9.17, 15) is 0 Å². The van der Waals surface area contributed by atoms with Crippen LogP contribution in [0.15, 0.2) is 11.4 Å². The lowest BCUT2D eigenvalue weighted by Gasteiger charge is -2.12. The van der Waals surface area contributed by atoms with Crippen molar-refractivity contribution < 1.29 is 0 Å². The van der Waals surface area contributed by atoms with Gasteiger partial charge in [-0.2, -0.15) is 0 Å². The van der Waals surface area contributed by atoms with E-state index >= 15 is 0 Å². The van der Waals surface area contributed by atoms with Gasteiger partial charge in [-0.3, -0.25) is 0 Å². The van der Waals surface area contributed by atoms with Crippen LogP contribution in [-0.2, 0) is 6.54 Å². The minimum absolute atomic E-state index is 0.674. The molecule has 20 heavy (non-hydrogen) atoms. The lowest BCUT2D eigenvalue weighted by atomic mass is 10.3. The Bertz CT molecular complexity index is 569. The number of hydrogen-bond acceptors (Lipinski definition) is 6. The van der Waals surface area contributed by atoms with E-state index in [1.165, 1.54) is 12.8 Å². The van der Waals surface area contributed by atoms with Crippen molar-refractivity contribution in [2.45, 2.75) is 33.2 Å². The Labute approximate surface area is 123 Å². The predicted molar refractivity (Wildman–Crippen MR) is 82.4 cm³/mol. The Morgan fingerprint density at radius 3 is 2.55 bits per heavy atom. The highest BCUT2D eigenvalue weighted by molar-refractivity contribution is 7.13. The highest BCUT2D eigenvalue weighted by Gasteiger charge is 2.15. The Balaban J connectivity index is 1.63. The number of hydrogen-bond donors (Lipinski definition) is 1. The third kappa shape index (κ3) is 3.07. The van der Waals surface area contributed by atoms with Crippen molar-refractivity contribution in [2.75, 3.05) is 23.3 Å². The van der Waals surface area contributed by atoms with Crippen LogP contribution in [0.3, 0.4) is 0 Å². The summed E-state index contributed by atoms with van der Waals surface area (Å²) in [7, 11) is 0. The Kier molecular flexibility index (Phi) is 3.82. The number of rotatable bonds is 4. The second kappa shape index (κ2) is 5.75. The minimum Gasteiger partial charge on any atom is -0.349 e. The molecule has 0 aromatic carbocycles. The average Bonchev–Trinajstić information content (AvgIpc) is 3.06. The Morgan fingerprint density at radius 2 is 1.85 bits per heavy atom. The first-order valence-corrected chi connectivity index (χ1v) is 7.84. The smallest absolute Gasteiger partial charge is 0.223 e. The maximum Gasteiger partial charge on any atom is 0.223 e. The van der Waals surface area contributed by atoms with Gasteiger partial charge in [0.1, 0.15) is 0 Å². The molecule has 6 heteroatoms. The molecule has 0 amide bonds. The van der Waals surface area contributed by atoms with Crippen LogP contribution in [-0.4, -0.2) is 28.0 Å². The van der Waals surface area contributed by atoms with Crippen LogP contribution in [0.4, 0.5) is 11.1 Å². The third-order valence-corrected chi connectivity index (χ3v) is 4.28. The molecule has 2 aromatic heterocycles. The highest BCUT2D eigenvalue weighted by atomic mass is 32.1. The largest absolute Gasteiger partial charge is 0.349 e. The van der Waals surface area contributed by atoms with Crippen molar-refractivity contribution in [3.8, 4) is 0 Å². The fourth-order valence-corrected chi connectivity index (χ4v) is 3.28. The van der Waals surface area contributed by atoms with Crippen LogP contribution in [0.1, 0.15) is 29.9 Å². The maximum atomic E-state index is 4.68. The summed E-state index contributed by atoms with van der Waals surface area (Å²) in [5.41, 5.74) is 3.02. The van der Waals surface area contributed by atoms with Crippen molar-refractivity contribution in [3.05, 3.63) is 28.5 Å². The van der Waals surface area contributed by atoms with Gasteiger partial charge >= 0.3 is 0 Å². The van der Waals surface area contributed by atoms with Crippen LogP contribution in [0.5, 0.6) is 0 Å². The number of thiazole rings is 1. The molecule has 3 heterocycles. The zero-order chi connectivity index (χ0) is 13.9. The molecule has 0 saturated carbocycles. The van der Waals surface area contributed by atoms with E-state index < -0.39 is 0 Å². The molecule has 0 unspecified atom stereocenters. The van der Waals surface area contributed by atoms with Gasteiger partial charge in [0.2, 0.25) is 5.95 Å². The summed E-state index contributed by atoms with van der Waals surface area (Å²) in [6.07, 6.45) is 2.56. The number of aromatic nitrogens is 3. The van der Waals surface area contributed by atoms with Crippen molar-refractivity contribution in [3.63, 3.8) is 0 Å². The number of anilines is 2. The second-order valence-electron chi connectivity index (χ2n) is 5.14. The van der Waals surface area contributed by atoms with Crippen LogP contribution in [0.2, 0.25) is 0 Å². The van der Waals surface area contributed by atoms with E-state index in [1.807, 2.05) is 19.9 Å². The lowest BCUT2D eigenvalue weighted by molar-refractivity contribution is 0.935. The van der Waals surface area contributed by atoms with E-state index in [1.54, 1.807) is 11.3 Å². The lowest BCUT2D eigenvalue weighted by Crippen LogP contribution is -2.17. The molecule has 0 spiro atoms. The van der Waals surface area contributed by atoms with Gasteiger partial charge < -0.3 is 10.2 Å². The standard InChI is InChI=1S/C14H19N5S/c1-10-7-11(2)17-13(16-10)15-8-12-9-20-14(18-12)19-5-3-4-6-19/h7,9H,3-6,8H2,1-2H3,(H,15,16,17). The van der Waals surface area contributed by atoms with Crippen molar-refractivity contribution in [2.24, 2.45) is 0 Å². The summed E-state index contributed by atoms with van der Waals surface area (Å²) >= 11 is 1.72. The summed E-state index contributed by atoms with van der Waals surface area (Å²) in [4.78, 5) is 15.8. The molecule has 2 aromatic rings. The molecule has 1 aliphatic heterocycles. The zero-order valence-corrected chi connectivity index (χ0v) is 12.7. The van der Waals surface area contributed by atoms with Crippen LogP contribution in [0, 0.1) is 13.8 Å². The number of nitrogens with one attached hydrogen (secondary N) is 1. The van der Waals surface area contributed by atoms with Gasteiger partial charge in [-0.1, -0.05) is 0 Å². The fourth-order valence-electron chi connectivity index (χ4n) is 2.41. The SMILES string of the molecule is Cc1cc(C)nc(NCc2csc(N3CCCC3)n2)n1. The van der Waals surface area contributed by atoms with Crippen LogP contribution in [0.25, 0.3) is 0 Å². The maximum absolute atomic E-state index is 4.68. The first-order chi connectivity index (χ1) is 9.70. The van der Waals surface area contributed by atoms with Crippen molar-refractivity contribution in [1.29, 1.82) is 0 Å². The topological polar surface area (TPSA) is 53.9 Å². The Morgan fingerprint density at radius 1 is 1.15 bits per heavy atom. The van der Waals surface area contributed by atoms with E-state index in [0.29, 0.717) is 12.5 Å². The number of nitrogens with zero attached hydrogens (tertiary/aromatic N) is 4. The molecule has 0 atom stereocenters. The average molecular weight is 289 g/mol. The van der Waals surface area contributed by atoms with Gasteiger partial charge in [-0.15, -0.1) is 11.3 Å². The molecule has 1 N–H and O–H groups in total. The third-order valence-electron chi connectivity index (χ3n) is 3.33. The Hall–Kier alpha value is -1.69. The molecule has 0 radical (unpaired) electrons. The quantitative estimate of drug-likeness (QED) is 0.938. The molecule has 106 valence electrons. The second-order valence-corrected chi connectivity index (χ2v) is 5.98. The minimum atomic E-state index is 0.674. The van der Waals surface area contributed by atoms with E-state index in [2.05, 4.69) is 30.5 Å². The van der Waals surface area contributed by atoms with E-state index in [4.69, 9.17) is 0 Å². The summed E-state index contributed by atoms with van der Waals surface area (Å²) in [5, 5.41) is 6.50. The first-order valence-electron chi connectivity index (χ1n) is 6.96. The summed E-state index contributed by atoms with van der Waals surface area (Å²) in [6.45, 7) is 6.91. The molecule has 3 rings (SSSR count). The summed E-state index contributed by atoms with van der Waals surface area (Å²) in [6, 6.07) is 1.97. The van der Waals surface area contributed by atoms with Crippen LogP contribution < -0.4 is 10.2 Å². The van der Waals surface area contributed by atoms with Crippen molar-refractivity contribution >= 4 is 22.4 Å². The van der Waals surface area contributed by atoms with Gasteiger partial charge in [0.15, 0.2) is 5.13 Å². The highest BCUT2D eigenvalue weighted by Crippen LogP contribution is 2.24. The summed E-state index contributed by atoms with van der Waals surface area (Å²) < 4.78 is 0. The zero-order valence-electron chi connectivity index (χ0n) is 11.9. The molecular formula is C14H19N5S. The first kappa shape index (κ1) is 13.3. The molecule has 1 saturated heterocycles. The van der Waals surface area contributed by atoms with Crippen LogP contribution >= 0.6 is 11.3 Å². The van der Waals surface area contributed by atoms with Crippen molar-refractivity contribution in [1.82, 2.24) is 15.0 Å². The number of aryl methyl sites for hydroxylation is 2. The monoisotopic (exact) mass is 289 g/mol. The van der Waals surface area contributed by atoms with Gasteiger partial charge in [-0.05, 0) is 32.8 Å². The van der Waals surface area contributed by atoms with Gasteiger partial charge in [0.25, 0.3) is 0 Å². The van der Waals surface area contributed by atoms with Gasteiger partial charge in [-0.25, -0.2) is 15.0 Å². The molecule has 0 bridgehead atoms. The molecule has 1 fully saturated rings. The van der Waals surface area contributed by atoms with Gasteiger partial charge in [0, 0.05) is 29.9 Å². The summed E-state index contributed by atoms with van der Waals surface area (Å²) in [5.74, 6) is 0.679. The van der Waals surface area contributed by atoms with Gasteiger partial charge in [0.05, 0.1) is 12.2 Å².